The molecule has 0 amide bonds. The predicted octanol–water partition coefficient (Wildman–Crippen LogP) is -1.04. The molecule has 0 saturated carbocycles. The summed E-state index contributed by atoms with van der Waals surface area (Å²) in [5.41, 5.74) is -0.494. The highest BCUT2D eigenvalue weighted by Crippen LogP contribution is 2.20. The van der Waals surface area contributed by atoms with E-state index in [1.165, 1.54) is 0 Å². The Morgan fingerprint density at radius 2 is 2.25 bits per heavy atom. The molecule has 20 heavy (non-hydrogen) atoms. The molecule has 2 heterocycles. The summed E-state index contributed by atoms with van der Waals surface area (Å²) in [5.74, 6) is -1.39. The van der Waals surface area contributed by atoms with Gasteiger partial charge in [-0.3, -0.25) is 5.10 Å². The number of H-pyrrole nitrogens is 1. The summed E-state index contributed by atoms with van der Waals surface area (Å²) in [4.78, 5) is 10.8. The standard InChI is InChI=1S/C9H13N3O6S2/c13-9(14)7-5-10-12-8(7)20(17,18)11-4-6-2-1-3-19(6,15)16/h5-6,11H,1-4H2,(H,10,12)(H,13,14). The topological polar surface area (TPSA) is 146 Å². The third-order valence-electron chi connectivity index (χ3n) is 3.07. The Labute approximate surface area is 115 Å². The van der Waals surface area contributed by atoms with Gasteiger partial charge in [-0.2, -0.15) is 5.10 Å². The van der Waals surface area contributed by atoms with Crippen LogP contribution in [0.4, 0.5) is 0 Å². The first kappa shape index (κ1) is 14.9. The first-order valence-electron chi connectivity index (χ1n) is 5.72. The van der Waals surface area contributed by atoms with Crippen molar-refractivity contribution in [3.63, 3.8) is 0 Å². The van der Waals surface area contributed by atoms with Crippen LogP contribution in [0.2, 0.25) is 0 Å². The van der Waals surface area contributed by atoms with E-state index >= 15 is 0 Å². The van der Waals surface area contributed by atoms with Crippen LogP contribution in [0.3, 0.4) is 0 Å². The van der Waals surface area contributed by atoms with E-state index in [4.69, 9.17) is 5.11 Å². The molecule has 2 rings (SSSR count). The van der Waals surface area contributed by atoms with Crippen LogP contribution in [-0.4, -0.2) is 55.7 Å². The molecule has 1 aliphatic heterocycles. The average molecular weight is 323 g/mol. The van der Waals surface area contributed by atoms with E-state index in [-0.39, 0.29) is 12.3 Å². The molecule has 1 saturated heterocycles. The average Bonchev–Trinajstić information content (AvgIpc) is 2.93. The monoisotopic (exact) mass is 323 g/mol. The van der Waals surface area contributed by atoms with Crippen molar-refractivity contribution in [1.29, 1.82) is 0 Å². The van der Waals surface area contributed by atoms with Gasteiger partial charge in [0.15, 0.2) is 14.9 Å². The molecule has 0 radical (unpaired) electrons. The maximum atomic E-state index is 11.9. The number of rotatable bonds is 5. The van der Waals surface area contributed by atoms with Crippen molar-refractivity contribution in [2.45, 2.75) is 23.1 Å². The number of hydrogen-bond acceptors (Lipinski definition) is 6. The summed E-state index contributed by atoms with van der Waals surface area (Å²) in [6.45, 7) is -0.275. The fourth-order valence-corrected chi connectivity index (χ4v) is 5.03. The van der Waals surface area contributed by atoms with Gasteiger partial charge in [0.25, 0.3) is 10.0 Å². The number of aromatic carboxylic acids is 1. The maximum Gasteiger partial charge on any atom is 0.340 e. The largest absolute Gasteiger partial charge is 0.478 e. The molecular weight excluding hydrogens is 310 g/mol. The Morgan fingerprint density at radius 3 is 2.80 bits per heavy atom. The van der Waals surface area contributed by atoms with E-state index in [1.54, 1.807) is 0 Å². The van der Waals surface area contributed by atoms with Gasteiger partial charge in [-0.25, -0.2) is 26.4 Å². The fraction of sp³-hybridized carbons (Fsp3) is 0.556. The van der Waals surface area contributed by atoms with Gasteiger partial charge in [-0.05, 0) is 12.8 Å². The van der Waals surface area contributed by atoms with Crippen molar-refractivity contribution in [3.05, 3.63) is 11.8 Å². The quantitative estimate of drug-likeness (QED) is 0.627. The predicted molar refractivity (Wildman–Crippen MR) is 67.5 cm³/mol. The Bertz CT molecular complexity index is 721. The Kier molecular flexibility index (Phi) is 3.84. The number of hydrogen-bond donors (Lipinski definition) is 3. The second kappa shape index (κ2) is 5.14. The third kappa shape index (κ3) is 2.83. The van der Waals surface area contributed by atoms with Gasteiger partial charge in [0.2, 0.25) is 0 Å². The van der Waals surface area contributed by atoms with Gasteiger partial charge in [0.1, 0.15) is 5.56 Å². The Balaban J connectivity index is 2.16. The molecule has 1 fully saturated rings. The van der Waals surface area contributed by atoms with Gasteiger partial charge >= 0.3 is 5.97 Å². The molecule has 1 aromatic heterocycles. The van der Waals surface area contributed by atoms with Crippen LogP contribution in [-0.2, 0) is 19.9 Å². The lowest BCUT2D eigenvalue weighted by molar-refractivity contribution is 0.0692. The number of carboxylic acid groups (broad SMARTS) is 1. The molecule has 0 aromatic carbocycles. The van der Waals surface area contributed by atoms with Crippen molar-refractivity contribution in [3.8, 4) is 0 Å². The summed E-state index contributed by atoms with van der Waals surface area (Å²) in [5, 5.41) is 12.9. The zero-order valence-electron chi connectivity index (χ0n) is 10.2. The molecule has 112 valence electrons. The Morgan fingerprint density at radius 1 is 1.55 bits per heavy atom. The van der Waals surface area contributed by atoms with Gasteiger partial charge in [-0.1, -0.05) is 0 Å². The number of aromatic amines is 1. The van der Waals surface area contributed by atoms with E-state index in [0.717, 1.165) is 6.20 Å². The lowest BCUT2D eigenvalue weighted by Gasteiger charge is -2.10. The normalized spacial score (nSPS) is 21.9. The van der Waals surface area contributed by atoms with Crippen molar-refractivity contribution in [2.24, 2.45) is 0 Å². The van der Waals surface area contributed by atoms with Crippen LogP contribution in [0.5, 0.6) is 0 Å². The van der Waals surface area contributed by atoms with Crippen molar-refractivity contribution >= 4 is 25.8 Å². The summed E-state index contributed by atoms with van der Waals surface area (Å²) in [6.07, 6.45) is 1.77. The van der Waals surface area contributed by atoms with Crippen LogP contribution >= 0.6 is 0 Å². The highest BCUT2D eigenvalue weighted by atomic mass is 32.2. The van der Waals surface area contributed by atoms with Crippen LogP contribution in [0.1, 0.15) is 23.2 Å². The van der Waals surface area contributed by atoms with Crippen molar-refractivity contribution in [2.75, 3.05) is 12.3 Å². The van der Waals surface area contributed by atoms with E-state index in [9.17, 15) is 21.6 Å². The first-order valence-corrected chi connectivity index (χ1v) is 8.92. The molecule has 3 N–H and O–H groups in total. The zero-order chi connectivity index (χ0) is 15.0. The number of nitrogens with one attached hydrogen (secondary N) is 2. The molecule has 0 spiro atoms. The summed E-state index contributed by atoms with van der Waals surface area (Å²) in [7, 11) is -7.42. The maximum absolute atomic E-state index is 11.9. The SMILES string of the molecule is O=C(O)c1cn[nH]c1S(=O)(=O)NCC1CCCS1(=O)=O. The molecule has 9 nitrogen and oxygen atoms in total. The highest BCUT2D eigenvalue weighted by Gasteiger charge is 2.33. The summed E-state index contributed by atoms with van der Waals surface area (Å²) < 4.78 is 49.2. The number of aromatic nitrogens is 2. The first-order chi connectivity index (χ1) is 9.24. The number of carbonyl (C=O) groups is 1. The van der Waals surface area contributed by atoms with Crippen LogP contribution in [0.25, 0.3) is 0 Å². The molecule has 1 atom stereocenters. The summed E-state index contributed by atoms with van der Waals surface area (Å²) >= 11 is 0. The van der Waals surface area contributed by atoms with E-state index < -0.39 is 41.7 Å². The van der Waals surface area contributed by atoms with Gasteiger partial charge < -0.3 is 5.11 Å². The lowest BCUT2D eigenvalue weighted by atomic mass is 10.2. The minimum atomic E-state index is -4.14. The minimum absolute atomic E-state index is 0.0455. The number of sulfonamides is 1. The molecule has 0 aliphatic carbocycles. The van der Waals surface area contributed by atoms with E-state index in [2.05, 4.69) is 14.9 Å². The smallest absolute Gasteiger partial charge is 0.340 e. The molecule has 1 unspecified atom stereocenters. The molecule has 0 bridgehead atoms. The van der Waals surface area contributed by atoms with E-state index in [0.29, 0.717) is 12.8 Å². The molecule has 1 aromatic rings. The Hall–Kier alpha value is -1.46. The number of sulfone groups is 1. The lowest BCUT2D eigenvalue weighted by Crippen LogP contribution is -2.35. The molecular formula is C9H13N3O6S2. The van der Waals surface area contributed by atoms with Gasteiger partial charge in [0, 0.05) is 6.54 Å². The minimum Gasteiger partial charge on any atom is -0.478 e. The van der Waals surface area contributed by atoms with Crippen LogP contribution in [0, 0.1) is 0 Å². The second-order valence-corrected chi connectivity index (χ2v) is 8.51. The van der Waals surface area contributed by atoms with Crippen molar-refractivity contribution in [1.82, 2.24) is 14.9 Å². The second-order valence-electron chi connectivity index (χ2n) is 4.40. The van der Waals surface area contributed by atoms with Crippen LogP contribution < -0.4 is 4.72 Å². The molecule has 1 aliphatic rings. The number of nitrogens with zero attached hydrogens (tertiary/aromatic N) is 1. The highest BCUT2D eigenvalue weighted by molar-refractivity contribution is 7.92. The van der Waals surface area contributed by atoms with Crippen LogP contribution in [0.15, 0.2) is 11.2 Å². The summed E-state index contributed by atoms with van der Waals surface area (Å²) in [6, 6.07) is 0. The number of carboxylic acids is 1. The van der Waals surface area contributed by atoms with E-state index in [1.807, 2.05) is 0 Å². The van der Waals surface area contributed by atoms with Crippen molar-refractivity contribution < 1.29 is 26.7 Å². The van der Waals surface area contributed by atoms with Gasteiger partial charge in [0.05, 0.1) is 17.2 Å². The third-order valence-corrected chi connectivity index (χ3v) is 6.74. The molecule has 11 heteroatoms. The zero-order valence-corrected chi connectivity index (χ0v) is 11.9. The fourth-order valence-electron chi connectivity index (χ4n) is 1.99. The van der Waals surface area contributed by atoms with Gasteiger partial charge in [-0.15, -0.1) is 0 Å².